The van der Waals surface area contributed by atoms with Crippen LogP contribution in [0.2, 0.25) is 0 Å². The molecule has 2 aromatic carbocycles. The van der Waals surface area contributed by atoms with Crippen molar-refractivity contribution < 1.29 is 9.53 Å². The van der Waals surface area contributed by atoms with E-state index in [4.69, 9.17) is 4.74 Å². The topological polar surface area (TPSA) is 79.9 Å². The fraction of sp³-hybridized carbons (Fsp3) is 0.174. The molecule has 0 bridgehead atoms. The number of carbonyl (C=O) groups excluding carboxylic acids is 1. The number of hydrogen-bond donors (Lipinski definition) is 2. The predicted octanol–water partition coefficient (Wildman–Crippen LogP) is 4.18. The molecule has 0 fully saturated rings. The van der Waals surface area contributed by atoms with E-state index >= 15 is 0 Å². The first-order valence-electron chi connectivity index (χ1n) is 9.37. The molecular weight excluding hydrogens is 364 g/mol. The summed E-state index contributed by atoms with van der Waals surface area (Å²) in [6.07, 6.45) is 2.98. The maximum absolute atomic E-state index is 12.4. The summed E-state index contributed by atoms with van der Waals surface area (Å²) in [5, 5.41) is 4.08. The number of ether oxygens (including phenoxy) is 1. The van der Waals surface area contributed by atoms with Crippen molar-refractivity contribution in [2.75, 3.05) is 7.11 Å². The summed E-state index contributed by atoms with van der Waals surface area (Å²) >= 11 is 0. The summed E-state index contributed by atoms with van der Waals surface area (Å²) in [7, 11) is 1.67. The molecule has 6 nitrogen and oxygen atoms in total. The van der Waals surface area contributed by atoms with Crippen LogP contribution in [-0.4, -0.2) is 28.0 Å². The van der Waals surface area contributed by atoms with Gasteiger partial charge in [-0.2, -0.15) is 0 Å². The van der Waals surface area contributed by atoms with E-state index in [9.17, 15) is 4.79 Å². The van der Waals surface area contributed by atoms with E-state index in [0.717, 1.165) is 39.0 Å². The van der Waals surface area contributed by atoms with E-state index in [0.29, 0.717) is 17.8 Å². The summed E-state index contributed by atoms with van der Waals surface area (Å²) in [6, 6.07) is 14.2. The van der Waals surface area contributed by atoms with Gasteiger partial charge >= 0.3 is 0 Å². The number of benzene rings is 2. The average molecular weight is 386 g/mol. The van der Waals surface area contributed by atoms with Crippen molar-refractivity contribution in [2.45, 2.75) is 20.4 Å². The summed E-state index contributed by atoms with van der Waals surface area (Å²) < 4.78 is 5.35. The fourth-order valence-electron chi connectivity index (χ4n) is 3.44. The van der Waals surface area contributed by atoms with Gasteiger partial charge in [0, 0.05) is 34.9 Å². The van der Waals surface area contributed by atoms with Gasteiger partial charge in [-0.1, -0.05) is 18.2 Å². The lowest BCUT2D eigenvalue weighted by Crippen LogP contribution is -2.24. The lowest BCUT2D eigenvalue weighted by molar-refractivity contribution is 0.0949. The molecule has 0 aliphatic heterocycles. The highest BCUT2D eigenvalue weighted by molar-refractivity contribution is 5.95. The molecule has 1 amide bonds. The van der Waals surface area contributed by atoms with E-state index in [1.807, 2.05) is 30.3 Å². The Morgan fingerprint density at radius 2 is 2.03 bits per heavy atom. The van der Waals surface area contributed by atoms with Gasteiger partial charge in [0.2, 0.25) is 0 Å². The highest BCUT2D eigenvalue weighted by Gasteiger charge is 2.12. The van der Waals surface area contributed by atoms with E-state index in [-0.39, 0.29) is 5.91 Å². The molecule has 4 aromatic rings. The van der Waals surface area contributed by atoms with Crippen LogP contribution in [0, 0.1) is 13.8 Å². The molecule has 0 saturated heterocycles. The van der Waals surface area contributed by atoms with Crippen molar-refractivity contribution >= 4 is 16.8 Å². The van der Waals surface area contributed by atoms with Crippen molar-refractivity contribution in [2.24, 2.45) is 0 Å². The number of carbonyl (C=O) groups is 1. The van der Waals surface area contributed by atoms with Crippen LogP contribution in [0.5, 0.6) is 5.75 Å². The number of amides is 1. The van der Waals surface area contributed by atoms with E-state index in [2.05, 4.69) is 39.3 Å². The second-order valence-corrected chi connectivity index (χ2v) is 6.94. The molecule has 0 spiro atoms. The first kappa shape index (κ1) is 18.7. The smallest absolute Gasteiger partial charge is 0.254 e. The summed E-state index contributed by atoms with van der Waals surface area (Å²) in [4.78, 5) is 23.9. The number of methoxy groups -OCH3 is 1. The number of H-pyrrole nitrogens is 1. The van der Waals surface area contributed by atoms with E-state index in [1.54, 1.807) is 14.0 Å². The first-order chi connectivity index (χ1) is 14.1. The number of nitrogens with one attached hydrogen (secondary N) is 2. The fourth-order valence-corrected chi connectivity index (χ4v) is 3.44. The molecule has 2 aromatic heterocycles. The van der Waals surface area contributed by atoms with Gasteiger partial charge in [-0.25, -0.2) is 9.97 Å². The number of fused-ring (bicyclic) bond motifs is 1. The molecule has 0 unspecified atom stereocenters. The molecule has 6 heteroatoms. The summed E-state index contributed by atoms with van der Waals surface area (Å²) in [6.45, 7) is 4.33. The monoisotopic (exact) mass is 386 g/mol. The van der Waals surface area contributed by atoms with Crippen LogP contribution >= 0.6 is 0 Å². The molecule has 0 aliphatic carbocycles. The van der Waals surface area contributed by atoms with Gasteiger partial charge in [0.15, 0.2) is 0 Å². The van der Waals surface area contributed by atoms with Crippen molar-refractivity contribution in [3.05, 3.63) is 77.4 Å². The van der Waals surface area contributed by atoms with E-state index in [1.165, 1.54) is 12.5 Å². The zero-order chi connectivity index (χ0) is 20.4. The molecule has 4 rings (SSSR count). The minimum absolute atomic E-state index is 0.175. The van der Waals surface area contributed by atoms with Gasteiger partial charge in [0.05, 0.1) is 18.4 Å². The van der Waals surface area contributed by atoms with Gasteiger partial charge in [0.1, 0.15) is 12.1 Å². The van der Waals surface area contributed by atoms with Crippen LogP contribution in [0.15, 0.2) is 55.0 Å². The first-order valence-corrected chi connectivity index (χ1v) is 9.37. The zero-order valence-electron chi connectivity index (χ0n) is 16.6. The molecular formula is C23H22N4O2. The quantitative estimate of drug-likeness (QED) is 0.539. The Balaban J connectivity index is 1.59. The predicted molar refractivity (Wildman–Crippen MR) is 113 cm³/mol. The molecule has 2 heterocycles. The Hall–Kier alpha value is -3.67. The van der Waals surface area contributed by atoms with Crippen molar-refractivity contribution in [3.8, 4) is 17.0 Å². The van der Waals surface area contributed by atoms with Crippen LogP contribution < -0.4 is 10.1 Å². The second kappa shape index (κ2) is 7.75. The third-order valence-electron chi connectivity index (χ3n) is 5.09. The van der Waals surface area contributed by atoms with Gasteiger partial charge in [-0.05, 0) is 49.2 Å². The molecule has 29 heavy (non-hydrogen) atoms. The van der Waals surface area contributed by atoms with Crippen LogP contribution in [0.3, 0.4) is 0 Å². The van der Waals surface area contributed by atoms with Crippen LogP contribution in [0.25, 0.3) is 22.2 Å². The summed E-state index contributed by atoms with van der Waals surface area (Å²) in [5.41, 5.74) is 6.55. The average Bonchev–Trinajstić information content (AvgIpc) is 3.08. The third-order valence-corrected chi connectivity index (χ3v) is 5.09. The molecule has 0 aliphatic rings. The zero-order valence-corrected chi connectivity index (χ0v) is 16.6. The van der Waals surface area contributed by atoms with Crippen LogP contribution in [-0.2, 0) is 6.54 Å². The number of nitrogens with zero attached hydrogens (tertiary/aromatic N) is 2. The molecule has 2 N–H and O–H groups in total. The maximum atomic E-state index is 12.4. The minimum Gasteiger partial charge on any atom is -0.497 e. The number of aryl methyl sites for hydroxylation is 2. The molecule has 0 radical (unpaired) electrons. The maximum Gasteiger partial charge on any atom is 0.254 e. The van der Waals surface area contributed by atoms with Crippen molar-refractivity contribution in [1.82, 2.24) is 20.3 Å². The Bertz CT molecular complexity index is 1200. The van der Waals surface area contributed by atoms with Gasteiger partial charge in [0.25, 0.3) is 5.91 Å². The Kier molecular flexibility index (Phi) is 4.99. The minimum atomic E-state index is -0.175. The lowest BCUT2D eigenvalue weighted by Gasteiger charge is -2.07. The number of rotatable bonds is 5. The van der Waals surface area contributed by atoms with E-state index < -0.39 is 0 Å². The SMILES string of the molecule is COc1cccc(-c2[nH]c3ccc(CNC(=O)c4cncnc4C)cc3c2C)c1. The van der Waals surface area contributed by atoms with Crippen LogP contribution in [0.1, 0.15) is 27.2 Å². The third kappa shape index (κ3) is 3.69. The number of aromatic nitrogens is 3. The highest BCUT2D eigenvalue weighted by Crippen LogP contribution is 2.31. The molecule has 0 atom stereocenters. The van der Waals surface area contributed by atoms with Crippen molar-refractivity contribution in [3.63, 3.8) is 0 Å². The number of aromatic amines is 1. The second-order valence-electron chi connectivity index (χ2n) is 6.94. The Labute approximate surface area is 169 Å². The Morgan fingerprint density at radius 3 is 2.83 bits per heavy atom. The standard InChI is InChI=1S/C23H22N4O2/c1-14-19-9-16(11-25-23(28)20-12-24-13-26-15(20)2)7-8-21(19)27-22(14)17-5-4-6-18(10-17)29-3/h4-10,12-13,27H,11H2,1-3H3,(H,25,28). The molecule has 146 valence electrons. The number of hydrogen-bond acceptors (Lipinski definition) is 4. The van der Waals surface area contributed by atoms with Crippen LogP contribution in [0.4, 0.5) is 0 Å². The highest BCUT2D eigenvalue weighted by atomic mass is 16.5. The summed E-state index contributed by atoms with van der Waals surface area (Å²) in [5.74, 6) is 0.648. The van der Waals surface area contributed by atoms with Crippen molar-refractivity contribution in [1.29, 1.82) is 0 Å². The normalized spacial score (nSPS) is 10.9. The largest absolute Gasteiger partial charge is 0.497 e. The van der Waals surface area contributed by atoms with Gasteiger partial charge in [-0.15, -0.1) is 0 Å². The lowest BCUT2D eigenvalue weighted by atomic mass is 10.0. The Morgan fingerprint density at radius 1 is 1.17 bits per heavy atom. The molecule has 0 saturated carbocycles. The van der Waals surface area contributed by atoms with Gasteiger partial charge < -0.3 is 15.0 Å². The van der Waals surface area contributed by atoms with Gasteiger partial charge in [-0.3, -0.25) is 4.79 Å².